The molecular formula is C47H49NO3P2Pt+2. The van der Waals surface area contributed by atoms with Crippen LogP contribution in [-0.2, 0) is 21.1 Å². The molecule has 0 bridgehead atoms. The number of benzene rings is 7. The van der Waals surface area contributed by atoms with Crippen molar-refractivity contribution in [1.29, 1.82) is 0 Å². The smallest absolute Gasteiger partial charge is 0.157 e. The van der Waals surface area contributed by atoms with E-state index in [1.807, 2.05) is 13.8 Å². The van der Waals surface area contributed by atoms with Gasteiger partial charge in [-0.3, -0.25) is 0 Å². The van der Waals surface area contributed by atoms with E-state index in [9.17, 15) is 10.2 Å². The minimum atomic E-state index is -0.877. The summed E-state index contributed by atoms with van der Waals surface area (Å²) in [4.78, 5) is 0. The number of aliphatic hydroxyl groups is 1. The van der Waals surface area contributed by atoms with Crippen LogP contribution in [0.2, 0.25) is 0 Å². The summed E-state index contributed by atoms with van der Waals surface area (Å²) in [7, 11) is -1.75. The van der Waals surface area contributed by atoms with E-state index < -0.39 is 21.9 Å². The predicted molar refractivity (Wildman–Crippen MR) is 231 cm³/mol. The first-order valence-corrected chi connectivity index (χ1v) is 20.9. The van der Waals surface area contributed by atoms with E-state index in [1.54, 1.807) is 6.07 Å². The second-order valence-electron chi connectivity index (χ2n) is 12.8. The van der Waals surface area contributed by atoms with E-state index in [0.717, 1.165) is 0 Å². The number of aliphatic hydroxyl groups excluding tert-OH is 1. The summed E-state index contributed by atoms with van der Waals surface area (Å²) < 4.78 is 0. The maximum Gasteiger partial charge on any atom is 0.157 e. The molecular weight excluding hydrogens is 884 g/mol. The molecule has 54 heavy (non-hydrogen) atoms. The normalized spacial score (nSPS) is 11.1. The number of hydrogen-bond donors (Lipinski definition) is 4. The molecule has 4 N–H and O–H groups in total. The second kappa shape index (κ2) is 22.7. The number of phenolic OH excluding ortho intramolecular Hbond substituents is 2. The predicted octanol–water partition coefficient (Wildman–Crippen LogP) is 7.48. The SMILES string of the molecule is CC(C)NCC(O)c1ccc(O)c(O)c1.[Pt].c1ccc([PH+](c2ccccc2)c2ccccc2)cc1.c1ccc([PH+](c2ccccc2)c2ccccc2)cc1. The minimum absolute atomic E-state index is 0. The van der Waals surface area contributed by atoms with Crippen molar-refractivity contribution >= 4 is 47.7 Å². The molecule has 0 aliphatic heterocycles. The van der Waals surface area contributed by atoms with Crippen molar-refractivity contribution in [1.82, 2.24) is 5.32 Å². The standard InChI is InChI=1S/2C18H15P.C11H17NO3.Pt/c2*1-4-10-16(11-5-1)19(17-12-6-2-7-13-17)18-14-8-3-9-15-18;1-7(2)12-6-11(15)8-3-4-9(13)10(14)5-8;/h2*1-15H;3-5,7,11-15H,6H2,1-2H3;/p+2. The third kappa shape index (κ3) is 12.9. The van der Waals surface area contributed by atoms with Gasteiger partial charge in [0.25, 0.3) is 0 Å². The Hall–Kier alpha value is -4.39. The Morgan fingerprint density at radius 1 is 0.426 bits per heavy atom. The molecule has 278 valence electrons. The zero-order valence-corrected chi connectivity index (χ0v) is 34.8. The average Bonchev–Trinajstić information content (AvgIpc) is 3.21. The van der Waals surface area contributed by atoms with E-state index in [-0.39, 0.29) is 32.6 Å². The molecule has 0 fully saturated rings. The van der Waals surface area contributed by atoms with Gasteiger partial charge in [0.15, 0.2) is 11.5 Å². The maximum atomic E-state index is 9.73. The zero-order chi connectivity index (χ0) is 37.3. The van der Waals surface area contributed by atoms with Crippen LogP contribution in [0, 0.1) is 0 Å². The monoisotopic (exact) mass is 932 g/mol. The van der Waals surface area contributed by atoms with Crippen molar-refractivity contribution in [2.24, 2.45) is 0 Å². The third-order valence-corrected chi connectivity index (χ3v) is 13.9. The van der Waals surface area contributed by atoms with Gasteiger partial charge in [-0.05, 0) is 90.5 Å². The molecule has 7 aromatic rings. The molecule has 0 saturated carbocycles. The van der Waals surface area contributed by atoms with Crippen LogP contribution < -0.4 is 37.1 Å². The maximum absolute atomic E-state index is 9.73. The summed E-state index contributed by atoms with van der Waals surface area (Å²) >= 11 is 0. The van der Waals surface area contributed by atoms with Gasteiger partial charge in [0, 0.05) is 33.7 Å². The number of phenols is 2. The summed E-state index contributed by atoms with van der Waals surface area (Å²) in [6.07, 6.45) is -0.682. The van der Waals surface area contributed by atoms with Crippen LogP contribution in [0.4, 0.5) is 0 Å². The van der Waals surface area contributed by atoms with Gasteiger partial charge in [0.2, 0.25) is 0 Å². The fourth-order valence-electron chi connectivity index (χ4n) is 5.84. The van der Waals surface area contributed by atoms with Gasteiger partial charge < -0.3 is 20.6 Å². The fourth-order valence-corrected chi connectivity index (χ4v) is 11.0. The van der Waals surface area contributed by atoms with Crippen molar-refractivity contribution in [3.8, 4) is 11.5 Å². The molecule has 1 unspecified atom stereocenters. The van der Waals surface area contributed by atoms with Gasteiger partial charge in [-0.15, -0.1) is 0 Å². The van der Waals surface area contributed by atoms with Crippen LogP contribution in [0.5, 0.6) is 11.5 Å². The quantitative estimate of drug-likeness (QED) is 0.0849. The molecule has 7 rings (SSSR count). The van der Waals surface area contributed by atoms with Crippen LogP contribution in [0.1, 0.15) is 25.5 Å². The number of nitrogens with one attached hydrogen (secondary N) is 1. The van der Waals surface area contributed by atoms with Crippen molar-refractivity contribution in [2.45, 2.75) is 26.0 Å². The first-order chi connectivity index (χ1) is 25.9. The molecule has 0 aromatic heterocycles. The van der Waals surface area contributed by atoms with Crippen LogP contribution in [0.15, 0.2) is 200 Å². The van der Waals surface area contributed by atoms with Gasteiger partial charge in [-0.1, -0.05) is 129 Å². The molecule has 0 saturated heterocycles. The number of hydrogen-bond acceptors (Lipinski definition) is 4. The molecule has 0 aliphatic rings. The van der Waals surface area contributed by atoms with Crippen LogP contribution in [0.25, 0.3) is 0 Å². The molecule has 0 spiro atoms. The van der Waals surface area contributed by atoms with Crippen molar-refractivity contribution in [3.05, 3.63) is 206 Å². The van der Waals surface area contributed by atoms with Gasteiger partial charge in [0.1, 0.15) is 31.8 Å². The van der Waals surface area contributed by atoms with E-state index in [1.165, 1.54) is 44.0 Å². The molecule has 7 heteroatoms. The summed E-state index contributed by atoms with van der Waals surface area (Å²) in [5.74, 6) is -0.390. The van der Waals surface area contributed by atoms with E-state index in [2.05, 4.69) is 187 Å². The number of rotatable bonds is 10. The molecule has 1 atom stereocenters. The molecule has 0 amide bonds. The Kier molecular flexibility index (Phi) is 17.8. The van der Waals surface area contributed by atoms with Crippen LogP contribution >= 0.6 is 15.8 Å². The van der Waals surface area contributed by atoms with Crippen LogP contribution in [0.3, 0.4) is 0 Å². The fraction of sp³-hybridized carbons (Fsp3) is 0.106. The minimum Gasteiger partial charge on any atom is -0.504 e. The first-order valence-electron chi connectivity index (χ1n) is 17.9. The van der Waals surface area contributed by atoms with Crippen molar-refractivity contribution in [3.63, 3.8) is 0 Å². The summed E-state index contributed by atoms with van der Waals surface area (Å²) in [5.41, 5.74) is 0.582. The van der Waals surface area contributed by atoms with Crippen molar-refractivity contribution in [2.75, 3.05) is 6.54 Å². The van der Waals surface area contributed by atoms with Gasteiger partial charge in [0.05, 0.1) is 21.9 Å². The van der Waals surface area contributed by atoms with E-state index in [4.69, 9.17) is 5.11 Å². The van der Waals surface area contributed by atoms with E-state index >= 15 is 0 Å². The second-order valence-corrected chi connectivity index (χ2v) is 17.7. The number of aromatic hydroxyl groups is 2. The summed E-state index contributed by atoms with van der Waals surface area (Å²) in [6, 6.07) is 69.6. The van der Waals surface area contributed by atoms with E-state index in [0.29, 0.717) is 18.2 Å². The molecule has 0 radical (unpaired) electrons. The summed E-state index contributed by atoms with van der Waals surface area (Å²) in [6.45, 7) is 4.39. The third-order valence-electron chi connectivity index (χ3n) is 8.48. The van der Waals surface area contributed by atoms with Gasteiger partial charge in [-0.25, -0.2) is 0 Å². The van der Waals surface area contributed by atoms with Crippen molar-refractivity contribution < 1.29 is 36.4 Å². The van der Waals surface area contributed by atoms with Gasteiger partial charge in [-0.2, -0.15) is 0 Å². The Morgan fingerprint density at radius 2 is 0.704 bits per heavy atom. The molecule has 0 heterocycles. The summed E-state index contributed by atoms with van der Waals surface area (Å²) in [5, 5.41) is 39.8. The first kappa shape index (κ1) is 42.4. The van der Waals surface area contributed by atoms with Gasteiger partial charge >= 0.3 is 0 Å². The zero-order valence-electron chi connectivity index (χ0n) is 30.6. The molecule has 4 nitrogen and oxygen atoms in total. The molecule has 7 aromatic carbocycles. The Balaban J connectivity index is 0.000000181. The Bertz CT molecular complexity index is 1740. The Labute approximate surface area is 337 Å². The Morgan fingerprint density at radius 3 is 0.944 bits per heavy atom. The molecule has 0 aliphatic carbocycles. The average molecular weight is 933 g/mol. The largest absolute Gasteiger partial charge is 0.504 e. The topological polar surface area (TPSA) is 72.7 Å². The van der Waals surface area contributed by atoms with Crippen LogP contribution in [-0.4, -0.2) is 27.9 Å².